The normalized spacial score (nSPS) is 11.4. The van der Waals surface area contributed by atoms with Gasteiger partial charge in [-0.05, 0) is 6.07 Å². The van der Waals surface area contributed by atoms with E-state index in [0.717, 1.165) is 6.20 Å². The molecule has 1 aromatic heterocycles. The second-order valence-corrected chi connectivity index (χ2v) is 2.42. The number of nitrogen functional groups attached to an aromatic ring is 1. The first kappa shape index (κ1) is 10.3. The minimum absolute atomic E-state index is 0.569. The average Bonchev–Trinajstić information content (AvgIpc) is 2.01. The van der Waals surface area contributed by atoms with Gasteiger partial charge >= 0.3 is 12.1 Å². The van der Waals surface area contributed by atoms with Gasteiger partial charge in [-0.15, -0.1) is 0 Å². The van der Waals surface area contributed by atoms with Gasteiger partial charge in [0.05, 0.1) is 5.56 Å². The van der Waals surface area contributed by atoms with Crippen molar-refractivity contribution in [1.29, 1.82) is 0 Å². The third kappa shape index (κ3) is 1.76. The zero-order valence-corrected chi connectivity index (χ0v) is 6.67. The summed E-state index contributed by atoms with van der Waals surface area (Å²) < 4.78 is 36.7. The quantitative estimate of drug-likeness (QED) is 0.727. The number of hydrogen-bond donors (Lipinski definition) is 2. The summed E-state index contributed by atoms with van der Waals surface area (Å²) in [5.41, 5.74) is 2.72. The van der Waals surface area contributed by atoms with Gasteiger partial charge in [0, 0.05) is 6.20 Å². The van der Waals surface area contributed by atoms with Crippen molar-refractivity contribution in [2.75, 3.05) is 5.73 Å². The van der Waals surface area contributed by atoms with Crippen LogP contribution in [0.25, 0.3) is 0 Å². The monoisotopic (exact) mass is 206 g/mol. The number of pyridine rings is 1. The molecule has 1 rings (SSSR count). The Morgan fingerprint density at radius 3 is 2.43 bits per heavy atom. The molecule has 76 valence electrons. The van der Waals surface area contributed by atoms with Crippen LogP contribution in [0.3, 0.4) is 0 Å². The van der Waals surface area contributed by atoms with Crippen LogP contribution in [0.5, 0.6) is 0 Å². The van der Waals surface area contributed by atoms with Gasteiger partial charge < -0.3 is 10.8 Å². The van der Waals surface area contributed by atoms with Crippen molar-refractivity contribution in [2.24, 2.45) is 0 Å². The molecule has 0 aliphatic rings. The SMILES string of the molecule is Nc1nccc(C(F)(F)F)c1C(=O)O. The lowest BCUT2D eigenvalue weighted by molar-refractivity contribution is -0.138. The Morgan fingerprint density at radius 1 is 1.50 bits per heavy atom. The lowest BCUT2D eigenvalue weighted by Gasteiger charge is -2.10. The topological polar surface area (TPSA) is 76.2 Å². The molecular formula is C7H5F3N2O2. The van der Waals surface area contributed by atoms with E-state index in [1.807, 2.05) is 0 Å². The Bertz CT molecular complexity index is 376. The molecule has 0 aromatic carbocycles. The highest BCUT2D eigenvalue weighted by Crippen LogP contribution is 2.33. The summed E-state index contributed by atoms with van der Waals surface area (Å²) in [7, 11) is 0. The first-order chi connectivity index (χ1) is 6.34. The first-order valence-electron chi connectivity index (χ1n) is 3.39. The van der Waals surface area contributed by atoms with Crippen molar-refractivity contribution in [3.63, 3.8) is 0 Å². The highest BCUT2D eigenvalue weighted by atomic mass is 19.4. The molecule has 7 heteroatoms. The fraction of sp³-hybridized carbons (Fsp3) is 0.143. The van der Waals surface area contributed by atoms with E-state index in [-0.39, 0.29) is 0 Å². The predicted octanol–water partition coefficient (Wildman–Crippen LogP) is 1.38. The molecule has 0 saturated heterocycles. The predicted molar refractivity (Wildman–Crippen MR) is 40.6 cm³/mol. The summed E-state index contributed by atoms with van der Waals surface area (Å²) in [5.74, 6) is -2.39. The van der Waals surface area contributed by atoms with Gasteiger partial charge in [0.2, 0.25) is 0 Å². The molecule has 1 aromatic rings. The van der Waals surface area contributed by atoms with E-state index in [1.54, 1.807) is 0 Å². The van der Waals surface area contributed by atoms with Crippen molar-refractivity contribution in [2.45, 2.75) is 6.18 Å². The molecule has 0 saturated carbocycles. The fourth-order valence-corrected chi connectivity index (χ4v) is 0.939. The maximum atomic E-state index is 12.2. The number of nitrogens with two attached hydrogens (primary N) is 1. The summed E-state index contributed by atoms with van der Waals surface area (Å²) in [6.07, 6.45) is -3.94. The molecule has 14 heavy (non-hydrogen) atoms. The van der Waals surface area contributed by atoms with Crippen LogP contribution in [0.1, 0.15) is 15.9 Å². The highest BCUT2D eigenvalue weighted by Gasteiger charge is 2.36. The van der Waals surface area contributed by atoms with E-state index < -0.39 is 29.1 Å². The van der Waals surface area contributed by atoms with Crippen molar-refractivity contribution in [3.05, 3.63) is 23.4 Å². The van der Waals surface area contributed by atoms with Crippen LogP contribution in [0, 0.1) is 0 Å². The zero-order chi connectivity index (χ0) is 10.9. The Kier molecular flexibility index (Phi) is 2.33. The van der Waals surface area contributed by atoms with Crippen molar-refractivity contribution in [1.82, 2.24) is 4.98 Å². The minimum atomic E-state index is -4.75. The maximum Gasteiger partial charge on any atom is 0.417 e. The number of carboxylic acid groups (broad SMARTS) is 1. The molecule has 0 spiro atoms. The molecule has 0 fully saturated rings. The number of carbonyl (C=O) groups is 1. The van der Waals surface area contributed by atoms with Crippen molar-refractivity contribution in [3.8, 4) is 0 Å². The molecule has 0 aliphatic carbocycles. The van der Waals surface area contributed by atoms with E-state index in [4.69, 9.17) is 10.8 Å². The van der Waals surface area contributed by atoms with Gasteiger partial charge in [-0.25, -0.2) is 9.78 Å². The number of carboxylic acids is 1. The van der Waals surface area contributed by atoms with Crippen molar-refractivity contribution >= 4 is 11.8 Å². The highest BCUT2D eigenvalue weighted by molar-refractivity contribution is 5.94. The maximum absolute atomic E-state index is 12.2. The average molecular weight is 206 g/mol. The van der Waals surface area contributed by atoms with E-state index in [1.165, 1.54) is 0 Å². The Balaban J connectivity index is 3.44. The van der Waals surface area contributed by atoms with Crippen LogP contribution in [0.15, 0.2) is 12.3 Å². The fourth-order valence-electron chi connectivity index (χ4n) is 0.939. The van der Waals surface area contributed by atoms with Crippen molar-refractivity contribution < 1.29 is 23.1 Å². The lowest BCUT2D eigenvalue weighted by Crippen LogP contribution is -2.15. The summed E-state index contributed by atoms with van der Waals surface area (Å²) in [4.78, 5) is 13.7. The van der Waals surface area contributed by atoms with E-state index in [9.17, 15) is 18.0 Å². The van der Waals surface area contributed by atoms with Gasteiger partial charge in [0.25, 0.3) is 0 Å². The molecule has 1 heterocycles. The van der Waals surface area contributed by atoms with Gasteiger partial charge in [0.1, 0.15) is 11.4 Å². The second-order valence-electron chi connectivity index (χ2n) is 2.42. The third-order valence-corrected chi connectivity index (χ3v) is 1.50. The molecule has 0 amide bonds. The number of halogens is 3. The number of anilines is 1. The number of rotatable bonds is 1. The number of aromatic nitrogens is 1. The molecule has 0 unspecified atom stereocenters. The van der Waals surface area contributed by atoms with Gasteiger partial charge in [-0.3, -0.25) is 0 Å². The first-order valence-corrected chi connectivity index (χ1v) is 3.39. The van der Waals surface area contributed by atoms with Crippen LogP contribution >= 0.6 is 0 Å². The van der Waals surface area contributed by atoms with Crippen LogP contribution in [-0.2, 0) is 6.18 Å². The van der Waals surface area contributed by atoms with E-state index in [2.05, 4.69) is 4.98 Å². The standard InChI is InChI=1S/C7H5F3N2O2/c8-7(9,10)3-1-2-12-5(11)4(3)6(13)14/h1-2H,(H2,11,12)(H,13,14). The van der Waals surface area contributed by atoms with Crippen LogP contribution < -0.4 is 5.73 Å². The van der Waals surface area contributed by atoms with Crippen LogP contribution in [0.4, 0.5) is 19.0 Å². The summed E-state index contributed by atoms with van der Waals surface area (Å²) in [6, 6.07) is 0.569. The Hall–Kier alpha value is -1.79. The lowest BCUT2D eigenvalue weighted by atomic mass is 10.1. The molecule has 3 N–H and O–H groups in total. The largest absolute Gasteiger partial charge is 0.478 e. The van der Waals surface area contributed by atoms with Gasteiger partial charge in [-0.1, -0.05) is 0 Å². The summed E-state index contributed by atoms with van der Waals surface area (Å²) in [5, 5.41) is 8.49. The summed E-state index contributed by atoms with van der Waals surface area (Å²) >= 11 is 0. The Morgan fingerprint density at radius 2 is 2.07 bits per heavy atom. The van der Waals surface area contributed by atoms with Crippen LogP contribution in [0.2, 0.25) is 0 Å². The Labute approximate surface area is 76.2 Å². The molecule has 0 atom stereocenters. The smallest absolute Gasteiger partial charge is 0.417 e. The van der Waals surface area contributed by atoms with E-state index in [0.29, 0.717) is 6.07 Å². The van der Waals surface area contributed by atoms with Gasteiger partial charge in [-0.2, -0.15) is 13.2 Å². The minimum Gasteiger partial charge on any atom is -0.478 e. The number of alkyl halides is 3. The number of nitrogens with zero attached hydrogens (tertiary/aromatic N) is 1. The molecule has 0 radical (unpaired) electrons. The molecular weight excluding hydrogens is 201 g/mol. The number of aromatic carboxylic acids is 1. The second kappa shape index (κ2) is 3.17. The zero-order valence-electron chi connectivity index (χ0n) is 6.67. The van der Waals surface area contributed by atoms with E-state index >= 15 is 0 Å². The summed E-state index contributed by atoms with van der Waals surface area (Å²) in [6.45, 7) is 0. The number of hydrogen-bond acceptors (Lipinski definition) is 3. The molecule has 0 aliphatic heterocycles. The van der Waals surface area contributed by atoms with Crippen LogP contribution in [-0.4, -0.2) is 16.1 Å². The van der Waals surface area contributed by atoms with Gasteiger partial charge in [0.15, 0.2) is 0 Å². The third-order valence-electron chi connectivity index (χ3n) is 1.50. The molecule has 4 nitrogen and oxygen atoms in total. The molecule has 0 bridgehead atoms.